The number of carbonyl (C=O) groups is 2. The predicted molar refractivity (Wildman–Crippen MR) is 112 cm³/mol. The lowest BCUT2D eigenvalue weighted by atomic mass is 9.95. The molecule has 0 spiro atoms. The molecule has 0 aliphatic carbocycles. The molecule has 1 N–H and O–H groups in total. The van der Waals surface area contributed by atoms with Crippen LogP contribution in [0.3, 0.4) is 0 Å². The van der Waals surface area contributed by atoms with E-state index in [0.29, 0.717) is 18.0 Å². The molecule has 0 radical (unpaired) electrons. The zero-order valence-electron chi connectivity index (χ0n) is 16.5. The van der Waals surface area contributed by atoms with E-state index in [1.54, 1.807) is 17.0 Å². The summed E-state index contributed by atoms with van der Waals surface area (Å²) >= 11 is 1.30. The molecule has 1 aliphatic rings. The second kappa shape index (κ2) is 8.16. The van der Waals surface area contributed by atoms with Gasteiger partial charge in [-0.2, -0.15) is 0 Å². The molecule has 3 rings (SSSR count). The van der Waals surface area contributed by atoms with Gasteiger partial charge in [0, 0.05) is 32.9 Å². The molecule has 7 heteroatoms. The standard InChI is InChI=1S/C21H25N3O3S/c1-22(2)11-12-24-18(14-7-9-15(10-8-14)23(3)4)17(20(26)21(24)27)19(25)16-6-5-13-28-16/h5-10,13,18,26H,11-12H2,1-4H3. The molecule has 1 amide bonds. The van der Waals surface area contributed by atoms with Crippen molar-refractivity contribution in [2.75, 3.05) is 46.2 Å². The van der Waals surface area contributed by atoms with Crippen molar-refractivity contribution in [1.29, 1.82) is 0 Å². The molecule has 1 aliphatic heterocycles. The summed E-state index contributed by atoms with van der Waals surface area (Å²) in [7, 11) is 7.75. The summed E-state index contributed by atoms with van der Waals surface area (Å²) in [5.74, 6) is -1.24. The molecule has 0 fully saturated rings. The van der Waals surface area contributed by atoms with Crippen LogP contribution in [0, 0.1) is 0 Å². The molecule has 28 heavy (non-hydrogen) atoms. The molecular formula is C21H25N3O3S. The Kier molecular flexibility index (Phi) is 5.86. The summed E-state index contributed by atoms with van der Waals surface area (Å²) in [5.41, 5.74) is 1.98. The Morgan fingerprint density at radius 2 is 1.82 bits per heavy atom. The van der Waals surface area contributed by atoms with Crippen molar-refractivity contribution in [1.82, 2.24) is 9.80 Å². The Morgan fingerprint density at radius 3 is 2.36 bits per heavy atom. The van der Waals surface area contributed by atoms with Crippen LogP contribution in [0.5, 0.6) is 0 Å². The summed E-state index contributed by atoms with van der Waals surface area (Å²) < 4.78 is 0. The Balaban J connectivity index is 2.04. The number of ketones is 1. The number of amides is 1. The van der Waals surface area contributed by atoms with Crippen LogP contribution in [0.25, 0.3) is 0 Å². The number of rotatable bonds is 7. The number of benzene rings is 1. The van der Waals surface area contributed by atoms with Gasteiger partial charge in [-0.15, -0.1) is 11.3 Å². The number of thiophene rings is 1. The van der Waals surface area contributed by atoms with Crippen LogP contribution in [-0.2, 0) is 4.79 Å². The summed E-state index contributed by atoms with van der Waals surface area (Å²) in [6.07, 6.45) is 0. The maximum atomic E-state index is 13.1. The largest absolute Gasteiger partial charge is 0.503 e. The maximum absolute atomic E-state index is 13.1. The van der Waals surface area contributed by atoms with Gasteiger partial charge in [0.05, 0.1) is 16.5 Å². The van der Waals surface area contributed by atoms with Crippen LogP contribution in [-0.4, -0.2) is 67.9 Å². The van der Waals surface area contributed by atoms with Gasteiger partial charge in [0.25, 0.3) is 5.91 Å². The molecule has 0 saturated heterocycles. The van der Waals surface area contributed by atoms with E-state index in [1.165, 1.54) is 11.3 Å². The lowest BCUT2D eigenvalue weighted by Gasteiger charge is -2.28. The van der Waals surface area contributed by atoms with Gasteiger partial charge < -0.3 is 19.8 Å². The summed E-state index contributed by atoms with van der Waals surface area (Å²) in [6.45, 7) is 1.04. The fourth-order valence-corrected chi connectivity index (χ4v) is 3.94. The number of aliphatic hydroxyl groups excluding tert-OH is 1. The highest BCUT2D eigenvalue weighted by Gasteiger charge is 2.43. The van der Waals surface area contributed by atoms with Crippen LogP contribution in [0.4, 0.5) is 5.69 Å². The predicted octanol–water partition coefficient (Wildman–Crippen LogP) is 2.95. The monoisotopic (exact) mass is 399 g/mol. The van der Waals surface area contributed by atoms with Crippen molar-refractivity contribution in [3.05, 3.63) is 63.6 Å². The van der Waals surface area contributed by atoms with Crippen molar-refractivity contribution in [2.45, 2.75) is 6.04 Å². The van der Waals surface area contributed by atoms with Gasteiger partial charge in [0.15, 0.2) is 5.76 Å². The quantitative estimate of drug-likeness (QED) is 0.726. The third kappa shape index (κ3) is 3.81. The van der Waals surface area contributed by atoms with Gasteiger partial charge >= 0.3 is 0 Å². The van der Waals surface area contributed by atoms with Crippen molar-refractivity contribution in [2.24, 2.45) is 0 Å². The van der Waals surface area contributed by atoms with E-state index in [-0.39, 0.29) is 11.4 Å². The second-order valence-electron chi connectivity index (χ2n) is 7.26. The molecule has 2 aromatic rings. The first kappa shape index (κ1) is 20.1. The zero-order valence-corrected chi connectivity index (χ0v) is 17.4. The Hall–Kier alpha value is -2.64. The minimum absolute atomic E-state index is 0.156. The first-order chi connectivity index (χ1) is 13.3. The molecule has 0 bridgehead atoms. The molecule has 1 aromatic carbocycles. The first-order valence-corrected chi connectivity index (χ1v) is 9.93. The summed E-state index contributed by atoms with van der Waals surface area (Å²) in [6, 6.07) is 10.6. The van der Waals surface area contributed by atoms with E-state index in [1.807, 2.05) is 67.6 Å². The number of anilines is 1. The van der Waals surface area contributed by atoms with Crippen LogP contribution >= 0.6 is 11.3 Å². The Bertz CT molecular complexity index is 886. The second-order valence-corrected chi connectivity index (χ2v) is 8.21. The number of hydrogen-bond donors (Lipinski definition) is 1. The van der Waals surface area contributed by atoms with Crippen LogP contribution in [0.2, 0.25) is 0 Å². The molecule has 0 saturated carbocycles. The summed E-state index contributed by atoms with van der Waals surface area (Å²) in [4.78, 5) is 32.0. The van der Waals surface area contributed by atoms with Gasteiger partial charge in [-0.25, -0.2) is 0 Å². The lowest BCUT2D eigenvalue weighted by molar-refractivity contribution is -0.129. The average molecular weight is 400 g/mol. The first-order valence-electron chi connectivity index (χ1n) is 9.05. The summed E-state index contributed by atoms with van der Waals surface area (Å²) in [5, 5.41) is 12.4. The maximum Gasteiger partial charge on any atom is 0.290 e. The highest BCUT2D eigenvalue weighted by Crippen LogP contribution is 2.39. The smallest absolute Gasteiger partial charge is 0.290 e. The van der Waals surface area contributed by atoms with Crippen LogP contribution in [0.1, 0.15) is 21.3 Å². The van der Waals surface area contributed by atoms with E-state index in [2.05, 4.69) is 0 Å². The highest BCUT2D eigenvalue weighted by molar-refractivity contribution is 7.12. The highest BCUT2D eigenvalue weighted by atomic mass is 32.1. The molecule has 1 atom stereocenters. The van der Waals surface area contributed by atoms with E-state index >= 15 is 0 Å². The third-order valence-electron chi connectivity index (χ3n) is 4.81. The normalized spacial score (nSPS) is 17.0. The van der Waals surface area contributed by atoms with Crippen molar-refractivity contribution >= 4 is 28.7 Å². The molecule has 1 unspecified atom stereocenters. The van der Waals surface area contributed by atoms with Crippen LogP contribution < -0.4 is 4.90 Å². The fraction of sp³-hybridized carbons (Fsp3) is 0.333. The van der Waals surface area contributed by atoms with E-state index < -0.39 is 17.7 Å². The molecule has 6 nitrogen and oxygen atoms in total. The molecule has 148 valence electrons. The fourth-order valence-electron chi connectivity index (χ4n) is 3.27. The van der Waals surface area contributed by atoms with Gasteiger partial charge in [-0.3, -0.25) is 9.59 Å². The minimum atomic E-state index is -0.599. The SMILES string of the molecule is CN(C)CCN1C(=O)C(O)=C(C(=O)c2cccs2)C1c1ccc(N(C)C)cc1. The van der Waals surface area contributed by atoms with Gasteiger partial charge in [-0.1, -0.05) is 18.2 Å². The molecule has 1 aromatic heterocycles. The number of Topliss-reactive ketones (excluding diaryl/α,β-unsaturated/α-hetero) is 1. The van der Waals surface area contributed by atoms with E-state index in [0.717, 1.165) is 11.3 Å². The van der Waals surface area contributed by atoms with Crippen molar-refractivity contribution in [3.63, 3.8) is 0 Å². The van der Waals surface area contributed by atoms with Gasteiger partial charge in [-0.05, 0) is 43.2 Å². The zero-order chi connectivity index (χ0) is 20.4. The van der Waals surface area contributed by atoms with E-state index in [4.69, 9.17) is 0 Å². The number of hydrogen-bond acceptors (Lipinski definition) is 6. The molecular weight excluding hydrogens is 374 g/mol. The average Bonchev–Trinajstić information content (AvgIpc) is 3.28. The van der Waals surface area contributed by atoms with E-state index in [9.17, 15) is 14.7 Å². The van der Waals surface area contributed by atoms with Gasteiger partial charge in [0.2, 0.25) is 5.78 Å². The molecule has 2 heterocycles. The topological polar surface area (TPSA) is 64.1 Å². The Morgan fingerprint density at radius 1 is 1.14 bits per heavy atom. The number of carbonyl (C=O) groups excluding carboxylic acids is 2. The van der Waals surface area contributed by atoms with Crippen LogP contribution in [0.15, 0.2) is 53.1 Å². The van der Waals surface area contributed by atoms with Crippen molar-refractivity contribution < 1.29 is 14.7 Å². The van der Waals surface area contributed by atoms with Crippen molar-refractivity contribution in [3.8, 4) is 0 Å². The third-order valence-corrected chi connectivity index (χ3v) is 5.68. The number of likely N-dealkylation sites (N-methyl/N-ethyl adjacent to an activating group) is 1. The number of aliphatic hydroxyl groups is 1. The number of nitrogens with zero attached hydrogens (tertiary/aromatic N) is 3. The lowest BCUT2D eigenvalue weighted by Crippen LogP contribution is -2.36. The Labute approximate surface area is 169 Å². The minimum Gasteiger partial charge on any atom is -0.503 e. The van der Waals surface area contributed by atoms with Gasteiger partial charge in [0.1, 0.15) is 0 Å².